The monoisotopic (exact) mass is 227 g/mol. The number of hydrogen-bond donors (Lipinski definition) is 3. The molecule has 16 heavy (non-hydrogen) atoms. The van der Waals surface area contributed by atoms with Crippen LogP contribution in [0.1, 0.15) is 18.6 Å². The first kappa shape index (κ1) is 14.6. The van der Waals surface area contributed by atoms with Crippen LogP contribution in [0.3, 0.4) is 0 Å². The second-order valence-electron chi connectivity index (χ2n) is 3.09. The van der Waals surface area contributed by atoms with Gasteiger partial charge in [0, 0.05) is 7.11 Å². The van der Waals surface area contributed by atoms with Gasteiger partial charge in [-0.05, 0) is 12.5 Å². The van der Waals surface area contributed by atoms with Crippen molar-refractivity contribution >= 4 is 5.97 Å². The number of aliphatic carboxylic acids is 1. The zero-order chi connectivity index (χ0) is 12.6. The summed E-state index contributed by atoms with van der Waals surface area (Å²) in [6, 6.07) is 8.26. The summed E-state index contributed by atoms with van der Waals surface area (Å²) in [5.74, 6) is -1.23. The molecule has 1 aromatic rings. The summed E-state index contributed by atoms with van der Waals surface area (Å²) in [4.78, 5) is 10.2. The lowest BCUT2D eigenvalue weighted by atomic mass is 10.1. The van der Waals surface area contributed by atoms with Crippen LogP contribution in [0, 0.1) is 0 Å². The van der Waals surface area contributed by atoms with Crippen molar-refractivity contribution in [2.45, 2.75) is 19.3 Å². The van der Waals surface area contributed by atoms with E-state index >= 15 is 0 Å². The first-order valence-corrected chi connectivity index (χ1v) is 4.73. The van der Waals surface area contributed by atoms with Gasteiger partial charge in [-0.3, -0.25) is 0 Å². The minimum Gasteiger partial charge on any atom is -0.479 e. The second-order valence-corrected chi connectivity index (χ2v) is 3.09. The number of carboxylic acids is 1. The van der Waals surface area contributed by atoms with E-state index < -0.39 is 12.1 Å². The Bertz CT molecular complexity index is 300. The Balaban J connectivity index is 0.000000385. The van der Waals surface area contributed by atoms with E-state index in [-0.39, 0.29) is 6.23 Å². The molecule has 1 rings (SSSR count). The molecular weight excluding hydrogens is 210 g/mol. The molecule has 4 N–H and O–H groups in total. The van der Waals surface area contributed by atoms with Gasteiger partial charge in [0.1, 0.15) is 6.23 Å². The Morgan fingerprint density at radius 2 is 1.81 bits per heavy atom. The van der Waals surface area contributed by atoms with E-state index in [1.54, 1.807) is 44.4 Å². The molecule has 90 valence electrons. The number of benzene rings is 1. The quantitative estimate of drug-likeness (QED) is 0.662. The predicted octanol–water partition coefficient (Wildman–Crippen LogP) is 0.742. The Morgan fingerprint density at radius 1 is 1.38 bits per heavy atom. The fraction of sp³-hybridized carbons (Fsp3) is 0.364. The first-order chi connectivity index (χ1) is 7.49. The van der Waals surface area contributed by atoms with E-state index in [9.17, 15) is 4.79 Å². The molecule has 0 aliphatic rings. The molecule has 5 nitrogen and oxygen atoms in total. The highest BCUT2D eigenvalue weighted by atomic mass is 16.5. The molecule has 0 saturated heterocycles. The average molecular weight is 227 g/mol. The third kappa shape index (κ3) is 6.13. The van der Waals surface area contributed by atoms with Crippen molar-refractivity contribution < 1.29 is 19.7 Å². The average Bonchev–Trinajstić information content (AvgIpc) is 2.29. The minimum absolute atomic E-state index is 0.116. The number of aliphatic hydroxyl groups is 1. The fourth-order valence-electron chi connectivity index (χ4n) is 0.778. The zero-order valence-corrected chi connectivity index (χ0v) is 9.33. The van der Waals surface area contributed by atoms with Gasteiger partial charge in [-0.25, -0.2) is 4.79 Å². The number of carboxylic acid groups (broad SMARTS) is 1. The van der Waals surface area contributed by atoms with E-state index in [4.69, 9.17) is 15.9 Å². The van der Waals surface area contributed by atoms with Gasteiger partial charge in [-0.1, -0.05) is 30.3 Å². The van der Waals surface area contributed by atoms with Crippen molar-refractivity contribution in [2.75, 3.05) is 7.11 Å². The van der Waals surface area contributed by atoms with Crippen molar-refractivity contribution in [2.24, 2.45) is 5.73 Å². The molecule has 0 radical (unpaired) electrons. The molecule has 2 unspecified atom stereocenters. The van der Waals surface area contributed by atoms with Crippen molar-refractivity contribution in [1.29, 1.82) is 0 Å². The maximum Gasteiger partial charge on any atom is 0.337 e. The fourth-order valence-corrected chi connectivity index (χ4v) is 0.778. The summed E-state index contributed by atoms with van der Waals surface area (Å²) in [6.45, 7) is 1.78. The van der Waals surface area contributed by atoms with Crippen LogP contribution in [0.5, 0.6) is 0 Å². The largest absolute Gasteiger partial charge is 0.479 e. The summed E-state index contributed by atoms with van der Waals surface area (Å²) in [6.07, 6.45) is -1.52. The molecule has 0 bridgehead atoms. The Labute approximate surface area is 94.5 Å². The molecular formula is C11H17NO4. The van der Waals surface area contributed by atoms with Gasteiger partial charge < -0.3 is 20.7 Å². The maximum atomic E-state index is 10.2. The third-order valence-corrected chi connectivity index (χ3v) is 1.72. The molecule has 2 atom stereocenters. The molecule has 0 saturated carbocycles. The zero-order valence-electron chi connectivity index (χ0n) is 9.33. The normalized spacial score (nSPS) is 13.2. The van der Waals surface area contributed by atoms with E-state index in [0.717, 1.165) is 0 Å². The van der Waals surface area contributed by atoms with Gasteiger partial charge in [0.15, 0.2) is 6.10 Å². The standard InChI is InChI=1S/C8H8O3.C3H9NO/c9-7(8(10)11)6-4-2-1-3-5-6;1-3(4)5-2/h1-5,7,9H,(H,10,11);3H,4H2,1-2H3. The van der Waals surface area contributed by atoms with Crippen molar-refractivity contribution in [3.8, 4) is 0 Å². The summed E-state index contributed by atoms with van der Waals surface area (Å²) in [5.41, 5.74) is 5.47. The Hall–Kier alpha value is -1.43. The molecule has 0 amide bonds. The number of nitrogens with two attached hydrogens (primary N) is 1. The highest BCUT2D eigenvalue weighted by Crippen LogP contribution is 2.10. The summed E-state index contributed by atoms with van der Waals surface area (Å²) in [5, 5.41) is 17.4. The van der Waals surface area contributed by atoms with E-state index in [1.807, 2.05) is 0 Å². The van der Waals surface area contributed by atoms with Gasteiger partial charge >= 0.3 is 5.97 Å². The number of methoxy groups -OCH3 is 1. The van der Waals surface area contributed by atoms with Gasteiger partial charge in [-0.15, -0.1) is 0 Å². The van der Waals surface area contributed by atoms with E-state index in [1.165, 1.54) is 0 Å². The molecule has 0 heterocycles. The van der Waals surface area contributed by atoms with Crippen LogP contribution in [0.15, 0.2) is 30.3 Å². The van der Waals surface area contributed by atoms with E-state index in [0.29, 0.717) is 5.56 Å². The van der Waals surface area contributed by atoms with Crippen molar-refractivity contribution in [3.63, 3.8) is 0 Å². The van der Waals surface area contributed by atoms with Crippen LogP contribution >= 0.6 is 0 Å². The number of ether oxygens (including phenoxy) is 1. The van der Waals surface area contributed by atoms with Crippen LogP contribution in [-0.2, 0) is 9.53 Å². The SMILES string of the molecule is COC(C)N.O=C(O)C(O)c1ccccc1. The maximum absolute atomic E-state index is 10.2. The number of carbonyl (C=O) groups is 1. The number of rotatable bonds is 3. The summed E-state index contributed by atoms with van der Waals surface area (Å²) in [7, 11) is 1.57. The van der Waals surface area contributed by atoms with Crippen LogP contribution in [0.2, 0.25) is 0 Å². The van der Waals surface area contributed by atoms with Crippen LogP contribution in [0.4, 0.5) is 0 Å². The lowest BCUT2D eigenvalue weighted by Crippen LogP contribution is -2.15. The van der Waals surface area contributed by atoms with Gasteiger partial charge in [0.05, 0.1) is 0 Å². The Morgan fingerprint density at radius 3 is 2.12 bits per heavy atom. The second kappa shape index (κ2) is 7.81. The highest BCUT2D eigenvalue weighted by Gasteiger charge is 2.14. The number of hydrogen-bond acceptors (Lipinski definition) is 4. The molecule has 0 aliphatic carbocycles. The van der Waals surface area contributed by atoms with Gasteiger partial charge in [0.2, 0.25) is 0 Å². The third-order valence-electron chi connectivity index (χ3n) is 1.72. The smallest absolute Gasteiger partial charge is 0.337 e. The summed E-state index contributed by atoms with van der Waals surface area (Å²) >= 11 is 0. The molecule has 0 spiro atoms. The molecule has 0 aromatic heterocycles. The van der Waals surface area contributed by atoms with E-state index in [2.05, 4.69) is 4.74 Å². The predicted molar refractivity (Wildman–Crippen MR) is 59.7 cm³/mol. The van der Waals surface area contributed by atoms with Crippen LogP contribution < -0.4 is 5.73 Å². The topological polar surface area (TPSA) is 92.8 Å². The molecule has 0 fully saturated rings. The van der Waals surface area contributed by atoms with Crippen LogP contribution in [0.25, 0.3) is 0 Å². The minimum atomic E-state index is -1.41. The molecule has 1 aromatic carbocycles. The Kier molecular flexibility index (Phi) is 7.11. The van der Waals surface area contributed by atoms with Crippen molar-refractivity contribution in [1.82, 2.24) is 0 Å². The number of aliphatic hydroxyl groups excluding tert-OH is 1. The molecule has 5 heteroatoms. The van der Waals surface area contributed by atoms with Gasteiger partial charge in [-0.2, -0.15) is 0 Å². The lowest BCUT2D eigenvalue weighted by Gasteiger charge is -2.03. The molecule has 0 aliphatic heterocycles. The lowest BCUT2D eigenvalue weighted by molar-refractivity contribution is -0.146. The first-order valence-electron chi connectivity index (χ1n) is 4.73. The highest BCUT2D eigenvalue weighted by molar-refractivity contribution is 5.73. The van der Waals surface area contributed by atoms with Crippen molar-refractivity contribution in [3.05, 3.63) is 35.9 Å². The summed E-state index contributed by atoms with van der Waals surface area (Å²) < 4.78 is 4.53. The van der Waals surface area contributed by atoms with Gasteiger partial charge in [0.25, 0.3) is 0 Å². The van der Waals surface area contributed by atoms with Crippen LogP contribution in [-0.4, -0.2) is 29.5 Å².